The molecular formula is C10H17NO2S. The molecule has 1 aliphatic rings. The van der Waals surface area contributed by atoms with Crippen molar-refractivity contribution in [3.63, 3.8) is 0 Å². The predicted molar refractivity (Wildman–Crippen MR) is 59.2 cm³/mol. The molecule has 3 nitrogen and oxygen atoms in total. The van der Waals surface area contributed by atoms with Crippen LogP contribution in [0.4, 0.5) is 0 Å². The van der Waals surface area contributed by atoms with Gasteiger partial charge in [0.25, 0.3) is 0 Å². The molecule has 0 radical (unpaired) electrons. The molecule has 0 aromatic heterocycles. The van der Waals surface area contributed by atoms with E-state index < -0.39 is 0 Å². The Morgan fingerprint density at radius 1 is 1.57 bits per heavy atom. The van der Waals surface area contributed by atoms with Gasteiger partial charge < -0.3 is 10.1 Å². The Hall–Kier alpha value is -0.640. The van der Waals surface area contributed by atoms with E-state index in [1.807, 2.05) is 11.8 Å². The van der Waals surface area contributed by atoms with Crippen LogP contribution in [0.25, 0.3) is 0 Å². The van der Waals surface area contributed by atoms with E-state index in [2.05, 4.69) is 16.3 Å². The molecule has 0 amide bonds. The van der Waals surface area contributed by atoms with Gasteiger partial charge >= 0.3 is 5.97 Å². The summed E-state index contributed by atoms with van der Waals surface area (Å²) in [6.07, 6.45) is 8.99. The molecule has 0 bridgehead atoms. The Balaban J connectivity index is 2.30. The van der Waals surface area contributed by atoms with E-state index in [0.29, 0.717) is 11.3 Å². The molecular weight excluding hydrogens is 198 g/mol. The van der Waals surface area contributed by atoms with E-state index in [9.17, 15) is 4.79 Å². The fourth-order valence-electron chi connectivity index (χ4n) is 1.71. The third-order valence-electron chi connectivity index (χ3n) is 2.49. The van der Waals surface area contributed by atoms with Gasteiger partial charge in [-0.1, -0.05) is 6.42 Å². The van der Waals surface area contributed by atoms with Crippen LogP contribution in [-0.4, -0.2) is 30.6 Å². The SMILES string of the molecule is COC(=O)/C=C/NC1CCCC1SC. The van der Waals surface area contributed by atoms with E-state index in [1.165, 1.54) is 32.4 Å². The highest BCUT2D eigenvalue weighted by Gasteiger charge is 2.24. The molecule has 2 atom stereocenters. The molecule has 0 aliphatic heterocycles. The summed E-state index contributed by atoms with van der Waals surface area (Å²) >= 11 is 1.89. The van der Waals surface area contributed by atoms with Gasteiger partial charge in [0.05, 0.1) is 7.11 Å². The highest BCUT2D eigenvalue weighted by molar-refractivity contribution is 7.99. The zero-order chi connectivity index (χ0) is 10.4. The molecule has 2 unspecified atom stereocenters. The molecule has 1 fully saturated rings. The Morgan fingerprint density at radius 2 is 2.36 bits per heavy atom. The molecule has 1 saturated carbocycles. The Kier molecular flexibility index (Phi) is 4.87. The topological polar surface area (TPSA) is 38.3 Å². The van der Waals surface area contributed by atoms with Gasteiger partial charge in [0.2, 0.25) is 0 Å². The predicted octanol–water partition coefficient (Wildman–Crippen LogP) is 1.55. The highest BCUT2D eigenvalue weighted by Crippen LogP contribution is 2.28. The van der Waals surface area contributed by atoms with Gasteiger partial charge in [-0.05, 0) is 19.1 Å². The number of thioether (sulfide) groups is 1. The zero-order valence-corrected chi connectivity index (χ0v) is 9.47. The summed E-state index contributed by atoms with van der Waals surface area (Å²) in [4.78, 5) is 10.8. The van der Waals surface area contributed by atoms with E-state index in [-0.39, 0.29) is 5.97 Å². The molecule has 0 saturated heterocycles. The van der Waals surface area contributed by atoms with E-state index in [4.69, 9.17) is 0 Å². The van der Waals surface area contributed by atoms with Gasteiger partial charge in [0.1, 0.15) is 0 Å². The van der Waals surface area contributed by atoms with Crippen LogP contribution in [0.5, 0.6) is 0 Å². The maximum Gasteiger partial charge on any atom is 0.331 e. The highest BCUT2D eigenvalue weighted by atomic mass is 32.2. The Bertz CT molecular complexity index is 218. The van der Waals surface area contributed by atoms with Crippen LogP contribution < -0.4 is 5.32 Å². The monoisotopic (exact) mass is 215 g/mol. The first kappa shape index (κ1) is 11.4. The smallest absolute Gasteiger partial charge is 0.331 e. The number of hydrogen-bond acceptors (Lipinski definition) is 4. The van der Waals surface area contributed by atoms with Crippen molar-refractivity contribution in [1.82, 2.24) is 5.32 Å². The second-order valence-electron chi connectivity index (χ2n) is 3.33. The number of carbonyl (C=O) groups is 1. The number of rotatable bonds is 4. The number of carbonyl (C=O) groups excluding carboxylic acids is 1. The first-order valence-electron chi connectivity index (χ1n) is 4.81. The maximum absolute atomic E-state index is 10.8. The lowest BCUT2D eigenvalue weighted by molar-refractivity contribution is -0.134. The molecule has 1 aliphatic carbocycles. The summed E-state index contributed by atoms with van der Waals surface area (Å²) in [5.41, 5.74) is 0. The summed E-state index contributed by atoms with van der Waals surface area (Å²) in [6.45, 7) is 0. The van der Waals surface area contributed by atoms with Crippen molar-refractivity contribution in [3.8, 4) is 0 Å². The molecule has 4 heteroatoms. The van der Waals surface area contributed by atoms with Gasteiger partial charge in [-0.25, -0.2) is 4.79 Å². The second kappa shape index (κ2) is 5.96. The van der Waals surface area contributed by atoms with Crippen molar-refractivity contribution in [2.45, 2.75) is 30.6 Å². The second-order valence-corrected chi connectivity index (χ2v) is 4.41. The number of nitrogens with one attached hydrogen (secondary N) is 1. The maximum atomic E-state index is 10.8. The average molecular weight is 215 g/mol. The fraction of sp³-hybridized carbons (Fsp3) is 0.700. The first-order chi connectivity index (χ1) is 6.77. The third kappa shape index (κ3) is 3.25. The largest absolute Gasteiger partial charge is 0.466 e. The number of ether oxygens (including phenoxy) is 1. The van der Waals surface area contributed by atoms with Crippen LogP contribution in [0.2, 0.25) is 0 Å². The van der Waals surface area contributed by atoms with Crippen molar-refractivity contribution < 1.29 is 9.53 Å². The minimum absolute atomic E-state index is 0.309. The summed E-state index contributed by atoms with van der Waals surface area (Å²) in [5.74, 6) is -0.309. The van der Waals surface area contributed by atoms with Crippen LogP contribution in [0.15, 0.2) is 12.3 Å². The van der Waals surface area contributed by atoms with Crippen molar-refractivity contribution >= 4 is 17.7 Å². The lowest BCUT2D eigenvalue weighted by Crippen LogP contribution is -2.30. The van der Waals surface area contributed by atoms with Crippen LogP contribution in [0.3, 0.4) is 0 Å². The quantitative estimate of drug-likeness (QED) is 0.570. The first-order valence-corrected chi connectivity index (χ1v) is 6.10. The van der Waals surface area contributed by atoms with E-state index >= 15 is 0 Å². The van der Waals surface area contributed by atoms with Crippen molar-refractivity contribution in [1.29, 1.82) is 0 Å². The van der Waals surface area contributed by atoms with Crippen LogP contribution in [-0.2, 0) is 9.53 Å². The van der Waals surface area contributed by atoms with Crippen LogP contribution >= 0.6 is 11.8 Å². The lowest BCUT2D eigenvalue weighted by Gasteiger charge is -2.17. The number of hydrogen-bond donors (Lipinski definition) is 1. The summed E-state index contributed by atoms with van der Waals surface area (Å²) < 4.78 is 4.50. The van der Waals surface area contributed by atoms with Gasteiger partial charge in [-0.2, -0.15) is 11.8 Å². The van der Waals surface area contributed by atoms with Crippen LogP contribution in [0, 0.1) is 0 Å². The molecule has 0 heterocycles. The van der Waals surface area contributed by atoms with Crippen molar-refractivity contribution in [2.75, 3.05) is 13.4 Å². The third-order valence-corrected chi connectivity index (χ3v) is 3.66. The minimum atomic E-state index is -0.309. The van der Waals surface area contributed by atoms with Gasteiger partial charge in [-0.3, -0.25) is 0 Å². The molecule has 80 valence electrons. The van der Waals surface area contributed by atoms with Gasteiger partial charge in [0.15, 0.2) is 0 Å². The molecule has 1 N–H and O–H groups in total. The summed E-state index contributed by atoms with van der Waals surface area (Å²) in [7, 11) is 1.38. The van der Waals surface area contributed by atoms with Gasteiger partial charge in [-0.15, -0.1) is 0 Å². The standard InChI is InChI=1S/C10H17NO2S/c1-13-10(12)6-7-11-8-4-3-5-9(8)14-2/h6-9,11H,3-5H2,1-2H3/b7-6+. The molecule has 0 aromatic carbocycles. The van der Waals surface area contributed by atoms with Crippen molar-refractivity contribution in [3.05, 3.63) is 12.3 Å². The fourth-order valence-corrected chi connectivity index (χ4v) is 2.65. The number of esters is 1. The molecule has 14 heavy (non-hydrogen) atoms. The van der Waals surface area contributed by atoms with Crippen LogP contribution in [0.1, 0.15) is 19.3 Å². The van der Waals surface area contributed by atoms with Crippen molar-refractivity contribution in [2.24, 2.45) is 0 Å². The molecule has 0 aromatic rings. The molecule has 0 spiro atoms. The number of methoxy groups -OCH3 is 1. The average Bonchev–Trinajstić information content (AvgIpc) is 2.65. The summed E-state index contributed by atoms with van der Waals surface area (Å²) in [5, 5.41) is 3.92. The zero-order valence-electron chi connectivity index (χ0n) is 8.66. The van der Waals surface area contributed by atoms with E-state index in [0.717, 1.165) is 0 Å². The molecule has 1 rings (SSSR count). The Labute approximate surface area is 89.3 Å². The normalized spacial score (nSPS) is 26.7. The minimum Gasteiger partial charge on any atom is -0.466 e. The van der Waals surface area contributed by atoms with Gasteiger partial charge in [0, 0.05) is 23.6 Å². The van der Waals surface area contributed by atoms with E-state index in [1.54, 1.807) is 6.20 Å². The lowest BCUT2D eigenvalue weighted by atomic mass is 10.2. The Morgan fingerprint density at radius 3 is 3.00 bits per heavy atom. The summed E-state index contributed by atoms with van der Waals surface area (Å²) in [6, 6.07) is 0.505.